The van der Waals surface area contributed by atoms with E-state index in [0.29, 0.717) is 11.7 Å². The van der Waals surface area contributed by atoms with E-state index >= 15 is 0 Å². The molecule has 0 bridgehead atoms. The highest BCUT2D eigenvalue weighted by atomic mass is 35.5. The number of aromatic nitrogens is 1. The van der Waals surface area contributed by atoms with Gasteiger partial charge in [-0.3, -0.25) is 0 Å². The molecule has 0 unspecified atom stereocenters. The molecule has 128 valence electrons. The number of para-hydroxylation sites is 1. The van der Waals surface area contributed by atoms with Gasteiger partial charge in [0, 0.05) is 36.3 Å². The Morgan fingerprint density at radius 3 is 2.80 bits per heavy atom. The van der Waals surface area contributed by atoms with Crippen LogP contribution < -0.4 is 10.6 Å². The Labute approximate surface area is 152 Å². The Kier molecular flexibility index (Phi) is 4.83. The van der Waals surface area contributed by atoms with Crippen molar-refractivity contribution in [2.75, 3.05) is 25.0 Å². The lowest BCUT2D eigenvalue weighted by Crippen LogP contribution is -2.33. The fourth-order valence-electron chi connectivity index (χ4n) is 3.05. The summed E-state index contributed by atoms with van der Waals surface area (Å²) in [6.07, 6.45) is 0.141. The van der Waals surface area contributed by atoms with Crippen molar-refractivity contribution in [2.45, 2.75) is 12.6 Å². The van der Waals surface area contributed by atoms with Crippen molar-refractivity contribution < 1.29 is 4.74 Å². The number of nitrogens with zero attached hydrogens (tertiary/aromatic N) is 1. The molecule has 4 nitrogen and oxygen atoms in total. The molecule has 1 aliphatic rings. The second-order valence-electron chi connectivity index (χ2n) is 6.17. The zero-order chi connectivity index (χ0) is 17.1. The summed E-state index contributed by atoms with van der Waals surface area (Å²) in [6.45, 7) is 3.19. The van der Waals surface area contributed by atoms with Gasteiger partial charge in [0.25, 0.3) is 0 Å². The zero-order valence-corrected chi connectivity index (χ0v) is 14.6. The van der Waals surface area contributed by atoms with Crippen LogP contribution in [0.25, 0.3) is 10.9 Å². The molecule has 2 heterocycles. The molecule has 25 heavy (non-hydrogen) atoms. The third-order valence-electron chi connectivity index (χ3n) is 4.44. The molecule has 1 saturated heterocycles. The van der Waals surface area contributed by atoms with E-state index in [-0.39, 0.29) is 6.10 Å². The molecule has 1 aromatic heterocycles. The number of hydrogen-bond acceptors (Lipinski definition) is 4. The number of morpholine rings is 1. The first-order valence-electron chi connectivity index (χ1n) is 8.50. The summed E-state index contributed by atoms with van der Waals surface area (Å²) in [7, 11) is 0. The number of anilines is 1. The van der Waals surface area contributed by atoms with E-state index in [9.17, 15) is 0 Å². The Hall–Kier alpha value is -2.14. The van der Waals surface area contributed by atoms with Crippen LogP contribution in [0.3, 0.4) is 0 Å². The Balaban J connectivity index is 1.45. The lowest BCUT2D eigenvalue weighted by atomic mass is 10.1. The van der Waals surface area contributed by atoms with Crippen LogP contribution in [0, 0.1) is 0 Å². The molecule has 0 saturated carbocycles. The smallest absolute Gasteiger partial charge is 0.134 e. The largest absolute Gasteiger partial charge is 0.381 e. The fraction of sp³-hybridized carbons (Fsp3) is 0.250. The molecule has 1 atom stereocenters. The molecule has 0 radical (unpaired) electrons. The highest BCUT2D eigenvalue weighted by Gasteiger charge is 2.15. The monoisotopic (exact) mass is 353 g/mol. The summed E-state index contributed by atoms with van der Waals surface area (Å²) in [6, 6.07) is 18.5. The maximum absolute atomic E-state index is 6.32. The second kappa shape index (κ2) is 7.40. The summed E-state index contributed by atoms with van der Waals surface area (Å²) in [5.74, 6) is 0. The lowest BCUT2D eigenvalue weighted by Gasteiger charge is -2.24. The molecule has 4 rings (SSSR count). The van der Waals surface area contributed by atoms with Crippen LogP contribution in [0.5, 0.6) is 0 Å². The molecule has 2 aromatic carbocycles. The topological polar surface area (TPSA) is 46.2 Å². The minimum Gasteiger partial charge on any atom is -0.381 e. The third kappa shape index (κ3) is 3.76. The van der Waals surface area contributed by atoms with Crippen molar-refractivity contribution in [3.8, 4) is 0 Å². The van der Waals surface area contributed by atoms with Crippen LogP contribution in [0.2, 0.25) is 5.15 Å². The van der Waals surface area contributed by atoms with Gasteiger partial charge in [-0.25, -0.2) is 4.98 Å². The normalized spacial score (nSPS) is 17.6. The van der Waals surface area contributed by atoms with Crippen LogP contribution in [-0.4, -0.2) is 24.7 Å². The van der Waals surface area contributed by atoms with Gasteiger partial charge in [0.2, 0.25) is 0 Å². The maximum atomic E-state index is 6.32. The van der Waals surface area contributed by atoms with Gasteiger partial charge in [0.05, 0.1) is 18.2 Å². The highest BCUT2D eigenvalue weighted by molar-refractivity contribution is 6.30. The van der Waals surface area contributed by atoms with Crippen molar-refractivity contribution in [1.29, 1.82) is 0 Å². The summed E-state index contributed by atoms with van der Waals surface area (Å²) in [4.78, 5) is 4.47. The molecule has 0 amide bonds. The van der Waals surface area contributed by atoms with Crippen LogP contribution in [0.1, 0.15) is 17.2 Å². The van der Waals surface area contributed by atoms with Gasteiger partial charge < -0.3 is 15.4 Å². The van der Waals surface area contributed by atoms with E-state index in [1.165, 1.54) is 5.56 Å². The van der Waals surface area contributed by atoms with Crippen molar-refractivity contribution >= 4 is 28.2 Å². The van der Waals surface area contributed by atoms with E-state index in [1.54, 1.807) is 0 Å². The first-order chi connectivity index (χ1) is 12.3. The highest BCUT2D eigenvalue weighted by Crippen LogP contribution is 2.23. The number of benzene rings is 2. The van der Waals surface area contributed by atoms with E-state index in [1.807, 2.05) is 18.2 Å². The number of halogens is 1. The van der Waals surface area contributed by atoms with Gasteiger partial charge in [-0.2, -0.15) is 0 Å². The SMILES string of the molecule is Clc1nc2ccccc2cc1CNc1ccc([C@H]2CNCCO2)cc1. The standard InChI is InChI=1S/C20H20ClN3O/c21-20-16(11-15-3-1-2-4-18(15)24-20)12-23-17-7-5-14(6-8-17)19-13-22-9-10-25-19/h1-8,11,19,22-23H,9-10,12-13H2/t19-/m1/s1. The quantitative estimate of drug-likeness (QED) is 0.691. The van der Waals surface area contributed by atoms with Gasteiger partial charge in [-0.05, 0) is 29.8 Å². The van der Waals surface area contributed by atoms with Crippen molar-refractivity contribution in [1.82, 2.24) is 10.3 Å². The predicted molar refractivity (Wildman–Crippen MR) is 102 cm³/mol. The zero-order valence-electron chi connectivity index (χ0n) is 13.8. The average molecular weight is 354 g/mol. The average Bonchev–Trinajstić information content (AvgIpc) is 2.67. The molecule has 1 fully saturated rings. The van der Waals surface area contributed by atoms with Crippen molar-refractivity contribution in [3.63, 3.8) is 0 Å². The maximum Gasteiger partial charge on any atom is 0.134 e. The molecule has 0 aliphatic carbocycles. The van der Waals surface area contributed by atoms with E-state index < -0.39 is 0 Å². The third-order valence-corrected chi connectivity index (χ3v) is 4.77. The molecule has 3 aromatic rings. The second-order valence-corrected chi connectivity index (χ2v) is 6.53. The summed E-state index contributed by atoms with van der Waals surface area (Å²) < 4.78 is 5.78. The van der Waals surface area contributed by atoms with Crippen LogP contribution >= 0.6 is 11.6 Å². The van der Waals surface area contributed by atoms with E-state index in [2.05, 4.69) is 52.0 Å². The van der Waals surface area contributed by atoms with Crippen molar-refractivity contribution in [2.24, 2.45) is 0 Å². The number of hydrogen-bond donors (Lipinski definition) is 2. The number of ether oxygens (including phenoxy) is 1. The van der Waals surface area contributed by atoms with Gasteiger partial charge in [0.1, 0.15) is 5.15 Å². The van der Waals surface area contributed by atoms with E-state index in [0.717, 1.165) is 41.9 Å². The first kappa shape index (κ1) is 16.3. The fourth-order valence-corrected chi connectivity index (χ4v) is 3.27. The molecule has 0 spiro atoms. The Bertz CT molecular complexity index is 860. The first-order valence-corrected chi connectivity index (χ1v) is 8.88. The molecular formula is C20H20ClN3O. The molecule has 1 aliphatic heterocycles. The van der Waals surface area contributed by atoms with Crippen LogP contribution in [0.15, 0.2) is 54.6 Å². The number of nitrogens with one attached hydrogen (secondary N) is 2. The lowest BCUT2D eigenvalue weighted by molar-refractivity contribution is 0.0277. The molecule has 5 heteroatoms. The van der Waals surface area contributed by atoms with E-state index in [4.69, 9.17) is 16.3 Å². The summed E-state index contributed by atoms with van der Waals surface area (Å²) in [5, 5.41) is 8.41. The van der Waals surface area contributed by atoms with Crippen molar-refractivity contribution in [3.05, 3.63) is 70.9 Å². The molecular weight excluding hydrogens is 334 g/mol. The Morgan fingerprint density at radius 2 is 2.00 bits per heavy atom. The predicted octanol–water partition coefficient (Wildman–Crippen LogP) is 4.16. The summed E-state index contributed by atoms with van der Waals surface area (Å²) >= 11 is 6.32. The Morgan fingerprint density at radius 1 is 1.16 bits per heavy atom. The van der Waals surface area contributed by atoms with Gasteiger partial charge in [-0.1, -0.05) is 41.9 Å². The van der Waals surface area contributed by atoms with Crippen LogP contribution in [0.4, 0.5) is 5.69 Å². The van der Waals surface area contributed by atoms with Gasteiger partial charge in [-0.15, -0.1) is 0 Å². The number of rotatable bonds is 4. The van der Waals surface area contributed by atoms with Gasteiger partial charge in [0.15, 0.2) is 0 Å². The summed E-state index contributed by atoms with van der Waals surface area (Å²) in [5.41, 5.74) is 4.16. The number of pyridine rings is 1. The van der Waals surface area contributed by atoms with Gasteiger partial charge >= 0.3 is 0 Å². The molecule has 2 N–H and O–H groups in total. The minimum atomic E-state index is 0.141. The number of fused-ring (bicyclic) bond motifs is 1. The minimum absolute atomic E-state index is 0.141. The van der Waals surface area contributed by atoms with Crippen LogP contribution in [-0.2, 0) is 11.3 Å².